The van der Waals surface area contributed by atoms with E-state index in [-0.39, 0.29) is 23.4 Å². The molecule has 1 amide bonds. The van der Waals surface area contributed by atoms with Crippen LogP contribution in [-0.2, 0) is 20.0 Å². The second-order valence-electron chi connectivity index (χ2n) is 6.52. The van der Waals surface area contributed by atoms with Crippen LogP contribution in [0.2, 0.25) is 0 Å². The van der Waals surface area contributed by atoms with Gasteiger partial charge < -0.3 is 4.90 Å². The third kappa shape index (κ3) is 2.65. The number of aromatic nitrogens is 3. The summed E-state index contributed by atoms with van der Waals surface area (Å²) in [5, 5.41) is 4.65. The number of halogens is 1. The maximum Gasteiger partial charge on any atom is 0.256 e. The molecule has 0 N–H and O–H groups in total. The highest BCUT2D eigenvalue weighted by Gasteiger charge is 2.28. The van der Waals surface area contributed by atoms with Crippen molar-refractivity contribution in [1.29, 1.82) is 0 Å². The maximum atomic E-state index is 15.1. The molecular formula is C22H17FN4O. The molecule has 2 aromatic carbocycles. The van der Waals surface area contributed by atoms with Crippen LogP contribution in [0, 0.1) is 5.82 Å². The van der Waals surface area contributed by atoms with Gasteiger partial charge in [-0.2, -0.15) is 5.10 Å². The summed E-state index contributed by atoms with van der Waals surface area (Å²) in [6.07, 6.45) is 2.82. The lowest BCUT2D eigenvalue weighted by molar-refractivity contribution is 0.0765. The monoisotopic (exact) mass is 377 g/mol. The van der Waals surface area contributed by atoms with Gasteiger partial charge in [0.1, 0.15) is 5.82 Å². The summed E-state index contributed by atoms with van der Waals surface area (Å²) in [5.74, 6) is -1.16. The molecule has 5 rings (SSSR count). The Kier molecular flexibility index (Phi) is 2.69. The van der Waals surface area contributed by atoms with E-state index in [1.54, 1.807) is 30.3 Å². The van der Waals surface area contributed by atoms with E-state index in [2.05, 4.69) is 10.1 Å². The van der Waals surface area contributed by atoms with Crippen molar-refractivity contribution in [3.63, 3.8) is 0 Å². The second-order valence-corrected chi connectivity index (χ2v) is 6.52. The molecule has 0 atom stereocenters. The van der Waals surface area contributed by atoms with Crippen LogP contribution in [0.4, 0.5) is 4.39 Å². The van der Waals surface area contributed by atoms with Crippen molar-refractivity contribution >= 4 is 16.8 Å². The van der Waals surface area contributed by atoms with Gasteiger partial charge >= 0.3 is 0 Å². The Morgan fingerprint density at radius 1 is 1.21 bits per heavy atom. The molecule has 28 heavy (non-hydrogen) atoms. The number of pyridine rings is 1. The van der Waals surface area contributed by atoms with E-state index < -0.39 is 25.2 Å². The highest BCUT2D eigenvalue weighted by Crippen LogP contribution is 2.30. The molecule has 0 radical (unpaired) electrons. The minimum Gasteiger partial charge on any atom is -0.328 e. The third-order valence-corrected chi connectivity index (χ3v) is 4.77. The zero-order chi connectivity index (χ0) is 23.5. The minimum absolute atomic E-state index is 0.0185. The topological polar surface area (TPSA) is 51.0 Å². The van der Waals surface area contributed by atoms with Gasteiger partial charge in [0, 0.05) is 41.0 Å². The van der Waals surface area contributed by atoms with E-state index in [1.165, 1.54) is 30.6 Å². The fourth-order valence-corrected chi connectivity index (χ4v) is 3.41. The molecular weight excluding hydrogens is 355 g/mol. The highest BCUT2D eigenvalue weighted by atomic mass is 19.1. The van der Waals surface area contributed by atoms with Crippen LogP contribution in [0.3, 0.4) is 0 Å². The van der Waals surface area contributed by atoms with Gasteiger partial charge in [-0.1, -0.05) is 24.3 Å². The predicted octanol–water partition coefficient (Wildman–Crippen LogP) is 3.93. The molecule has 138 valence electrons. The Bertz CT molecular complexity index is 1420. The fourth-order valence-electron chi connectivity index (χ4n) is 3.41. The van der Waals surface area contributed by atoms with Crippen LogP contribution in [0.25, 0.3) is 22.0 Å². The van der Waals surface area contributed by atoms with E-state index >= 15 is 4.39 Å². The van der Waals surface area contributed by atoms with Crippen molar-refractivity contribution < 1.29 is 16.0 Å². The molecule has 0 unspecified atom stereocenters. The molecule has 3 heterocycles. The first-order valence-electron chi connectivity index (χ1n) is 11.1. The van der Waals surface area contributed by atoms with Crippen LogP contribution in [0.1, 0.15) is 28.5 Å². The average molecular weight is 377 g/mol. The van der Waals surface area contributed by atoms with Crippen molar-refractivity contribution in [2.24, 2.45) is 6.98 Å². The zero-order valence-corrected chi connectivity index (χ0v) is 14.6. The lowest BCUT2D eigenvalue weighted by Crippen LogP contribution is -2.23. The smallest absolute Gasteiger partial charge is 0.256 e. The number of rotatable bonds is 3. The van der Waals surface area contributed by atoms with E-state index in [1.807, 2.05) is 0 Å². The van der Waals surface area contributed by atoms with Crippen molar-refractivity contribution in [3.8, 4) is 11.1 Å². The predicted molar refractivity (Wildman–Crippen MR) is 104 cm³/mol. The largest absolute Gasteiger partial charge is 0.328 e. The quantitative estimate of drug-likeness (QED) is 0.544. The van der Waals surface area contributed by atoms with E-state index in [0.717, 1.165) is 9.58 Å². The van der Waals surface area contributed by atoms with E-state index in [4.69, 9.17) is 6.85 Å². The maximum absolute atomic E-state index is 15.1. The lowest BCUT2D eigenvalue weighted by Gasteiger charge is -2.16. The first kappa shape index (κ1) is 12.0. The number of nitrogens with zero attached hydrogens (tertiary/aromatic N) is 4. The SMILES string of the molecule is [2H]C1([2H])c2ncccc2C(=O)N1Cc1ccc(-c2cccc3nn(C([2H])([2H])[2H])cc23)cc1F. The molecule has 5 nitrogen and oxygen atoms in total. The first-order chi connectivity index (χ1) is 15.6. The normalized spacial score (nSPS) is 18.2. The Labute approximate surface area is 168 Å². The summed E-state index contributed by atoms with van der Waals surface area (Å²) < 4.78 is 55.3. The molecule has 2 aromatic heterocycles. The molecule has 4 aromatic rings. The van der Waals surface area contributed by atoms with Gasteiger partial charge in [-0.3, -0.25) is 14.5 Å². The van der Waals surface area contributed by atoms with Crippen LogP contribution in [-0.4, -0.2) is 25.6 Å². The molecule has 0 saturated heterocycles. The van der Waals surface area contributed by atoms with Crippen LogP contribution in [0.15, 0.2) is 60.9 Å². The first-order valence-corrected chi connectivity index (χ1v) is 8.62. The van der Waals surface area contributed by atoms with Gasteiger partial charge in [-0.15, -0.1) is 0 Å². The molecule has 0 saturated carbocycles. The molecule has 1 aliphatic heterocycles. The van der Waals surface area contributed by atoms with Gasteiger partial charge in [0.05, 0.1) is 26.0 Å². The number of carbonyl (C=O) groups excluding carboxylic acids is 1. The van der Waals surface area contributed by atoms with Gasteiger partial charge in [0.25, 0.3) is 5.91 Å². The van der Waals surface area contributed by atoms with Crippen molar-refractivity contribution in [2.75, 3.05) is 0 Å². The number of carbonyl (C=O) groups is 1. The van der Waals surface area contributed by atoms with Crippen molar-refractivity contribution in [3.05, 3.63) is 83.6 Å². The Morgan fingerprint density at radius 2 is 2.11 bits per heavy atom. The average Bonchev–Trinajstić information content (AvgIpc) is 3.29. The summed E-state index contributed by atoms with van der Waals surface area (Å²) in [7, 11) is 0. The second kappa shape index (κ2) is 6.27. The molecule has 0 fully saturated rings. The van der Waals surface area contributed by atoms with Gasteiger partial charge in [-0.05, 0) is 35.4 Å². The third-order valence-electron chi connectivity index (χ3n) is 4.77. The number of hydrogen-bond donors (Lipinski definition) is 0. The molecule has 0 bridgehead atoms. The fraction of sp³-hybridized carbons (Fsp3) is 0.136. The summed E-state index contributed by atoms with van der Waals surface area (Å²) in [6, 6.07) is 12.6. The summed E-state index contributed by atoms with van der Waals surface area (Å²) in [4.78, 5) is 17.7. The van der Waals surface area contributed by atoms with Gasteiger partial charge in [-0.25, -0.2) is 4.39 Å². The zero-order valence-electron chi connectivity index (χ0n) is 19.6. The molecule has 0 aliphatic carbocycles. The minimum atomic E-state index is -2.43. The summed E-state index contributed by atoms with van der Waals surface area (Å²) in [6.45, 7) is -4.86. The lowest BCUT2D eigenvalue weighted by atomic mass is 10.00. The number of aryl methyl sites for hydroxylation is 1. The van der Waals surface area contributed by atoms with Crippen LogP contribution < -0.4 is 0 Å². The number of benzene rings is 2. The van der Waals surface area contributed by atoms with Crippen molar-refractivity contribution in [2.45, 2.75) is 13.0 Å². The highest BCUT2D eigenvalue weighted by molar-refractivity contribution is 5.97. The standard InChI is InChI=1S/C22H17FN4O/c1-26-12-18-16(4-2-6-20(18)25-26)14-7-8-15(19(23)10-14)11-27-13-21-17(22(27)28)5-3-9-24-21/h2-10,12H,11,13H2,1H3/i1D3,13D2. The van der Waals surface area contributed by atoms with Crippen LogP contribution >= 0.6 is 0 Å². The van der Waals surface area contributed by atoms with Crippen LogP contribution in [0.5, 0.6) is 0 Å². The van der Waals surface area contributed by atoms with E-state index in [9.17, 15) is 4.79 Å². The molecule has 6 heteroatoms. The number of amides is 1. The van der Waals surface area contributed by atoms with Gasteiger partial charge in [0.2, 0.25) is 0 Å². The number of hydrogen-bond acceptors (Lipinski definition) is 3. The number of fused-ring (bicyclic) bond motifs is 2. The van der Waals surface area contributed by atoms with E-state index in [0.29, 0.717) is 22.0 Å². The summed E-state index contributed by atoms with van der Waals surface area (Å²) >= 11 is 0. The van der Waals surface area contributed by atoms with Crippen molar-refractivity contribution in [1.82, 2.24) is 19.7 Å². The Hall–Kier alpha value is -3.54. The summed E-state index contributed by atoms with van der Waals surface area (Å²) in [5.41, 5.74) is 1.91. The Balaban J connectivity index is 1.49. The molecule has 0 spiro atoms. The molecule has 1 aliphatic rings. The Morgan fingerprint density at radius 3 is 2.93 bits per heavy atom. The van der Waals surface area contributed by atoms with Gasteiger partial charge in [0.15, 0.2) is 0 Å².